The zero-order valence-corrected chi connectivity index (χ0v) is 17.0. The number of ether oxygens (including phenoxy) is 1. The molecule has 6 nitrogen and oxygen atoms in total. The normalized spacial score (nSPS) is 18.6. The number of hydrogen-bond donors (Lipinski definition) is 2. The van der Waals surface area contributed by atoms with E-state index >= 15 is 0 Å². The number of rotatable bonds is 6. The smallest absolute Gasteiger partial charge is 0.342 e. The van der Waals surface area contributed by atoms with Crippen molar-refractivity contribution < 1.29 is 19.1 Å². The Bertz CT molecular complexity index is 733. The van der Waals surface area contributed by atoms with Gasteiger partial charge in [-0.25, -0.2) is 4.79 Å². The Hall–Kier alpha value is -1.89. The molecule has 0 aromatic carbocycles. The van der Waals surface area contributed by atoms with Crippen molar-refractivity contribution in [1.29, 1.82) is 0 Å². The summed E-state index contributed by atoms with van der Waals surface area (Å²) >= 11 is 1.37. The van der Waals surface area contributed by atoms with Crippen molar-refractivity contribution in [2.75, 3.05) is 5.32 Å². The van der Waals surface area contributed by atoms with Crippen LogP contribution in [0.25, 0.3) is 0 Å². The van der Waals surface area contributed by atoms with Crippen molar-refractivity contribution >= 4 is 34.1 Å². The molecular weight excluding hydrogens is 364 g/mol. The van der Waals surface area contributed by atoms with Crippen LogP contribution >= 0.6 is 11.3 Å². The van der Waals surface area contributed by atoms with Gasteiger partial charge in [0.25, 0.3) is 5.91 Å². The van der Waals surface area contributed by atoms with Gasteiger partial charge in [0.2, 0.25) is 5.91 Å². The summed E-state index contributed by atoms with van der Waals surface area (Å²) in [6, 6.07) is 0.172. The molecule has 0 bridgehead atoms. The third-order valence-corrected chi connectivity index (χ3v) is 6.50. The van der Waals surface area contributed by atoms with Crippen molar-refractivity contribution in [3.63, 3.8) is 0 Å². The molecule has 1 heterocycles. The Morgan fingerprint density at radius 1 is 1.07 bits per heavy atom. The Morgan fingerprint density at radius 2 is 1.74 bits per heavy atom. The summed E-state index contributed by atoms with van der Waals surface area (Å²) in [5.74, 6) is -0.817. The van der Waals surface area contributed by atoms with Gasteiger partial charge >= 0.3 is 5.97 Å². The van der Waals surface area contributed by atoms with E-state index in [0.29, 0.717) is 10.6 Å². The highest BCUT2D eigenvalue weighted by atomic mass is 32.1. The summed E-state index contributed by atoms with van der Waals surface area (Å²) < 4.78 is 5.44. The van der Waals surface area contributed by atoms with Gasteiger partial charge in [0.15, 0.2) is 6.10 Å². The molecule has 1 aromatic rings. The molecular formula is C20H28N2O4S. The summed E-state index contributed by atoms with van der Waals surface area (Å²) in [6.07, 6.45) is 6.33. The standard InChI is InChI=1S/C20H28N2O4S/c1-11-13(3)27-19(22-18(24)14-9-10-14)16(11)20(25)26-12(2)17(23)21-15-7-5-4-6-8-15/h12,14-15H,4-10H2,1-3H3,(H,21,23)(H,22,24)/t12-/m1/s1. The Balaban J connectivity index is 1.63. The fourth-order valence-corrected chi connectivity index (χ4v) is 4.41. The average molecular weight is 393 g/mol. The summed E-state index contributed by atoms with van der Waals surface area (Å²) in [5.41, 5.74) is 1.15. The summed E-state index contributed by atoms with van der Waals surface area (Å²) in [5, 5.41) is 6.36. The summed E-state index contributed by atoms with van der Waals surface area (Å²) in [7, 11) is 0. The van der Waals surface area contributed by atoms with Crippen LogP contribution in [0.3, 0.4) is 0 Å². The third kappa shape index (κ3) is 4.89. The number of nitrogens with one attached hydrogen (secondary N) is 2. The van der Waals surface area contributed by atoms with Gasteiger partial charge in [-0.3, -0.25) is 9.59 Å². The van der Waals surface area contributed by atoms with Gasteiger partial charge in [0, 0.05) is 16.8 Å². The van der Waals surface area contributed by atoms with E-state index in [2.05, 4.69) is 10.6 Å². The van der Waals surface area contributed by atoms with Gasteiger partial charge < -0.3 is 15.4 Å². The fourth-order valence-electron chi connectivity index (χ4n) is 3.36. The Labute approximate surface area is 164 Å². The molecule has 148 valence electrons. The molecule has 2 saturated carbocycles. The maximum Gasteiger partial charge on any atom is 0.342 e. The number of anilines is 1. The Kier molecular flexibility index (Phi) is 6.19. The molecule has 0 unspecified atom stereocenters. The number of carbonyl (C=O) groups is 3. The first-order chi connectivity index (χ1) is 12.9. The van der Waals surface area contributed by atoms with Gasteiger partial charge in [-0.05, 0) is 52.0 Å². The number of amides is 2. The molecule has 2 fully saturated rings. The van der Waals surface area contributed by atoms with E-state index in [-0.39, 0.29) is 23.8 Å². The quantitative estimate of drug-likeness (QED) is 0.723. The monoisotopic (exact) mass is 392 g/mol. The maximum atomic E-state index is 12.7. The van der Waals surface area contributed by atoms with E-state index in [1.54, 1.807) is 6.92 Å². The largest absolute Gasteiger partial charge is 0.449 e. The van der Waals surface area contributed by atoms with Gasteiger partial charge in [-0.2, -0.15) is 0 Å². The van der Waals surface area contributed by atoms with Crippen molar-refractivity contribution in [2.24, 2.45) is 5.92 Å². The van der Waals surface area contributed by atoms with Crippen LogP contribution in [-0.4, -0.2) is 29.9 Å². The lowest BCUT2D eigenvalue weighted by Gasteiger charge is -2.24. The van der Waals surface area contributed by atoms with Crippen LogP contribution in [0.4, 0.5) is 5.00 Å². The number of thiophene rings is 1. The lowest BCUT2D eigenvalue weighted by molar-refractivity contribution is -0.130. The first-order valence-electron chi connectivity index (χ1n) is 9.79. The highest BCUT2D eigenvalue weighted by Crippen LogP contribution is 2.36. The zero-order valence-electron chi connectivity index (χ0n) is 16.2. The van der Waals surface area contributed by atoms with Crippen LogP contribution < -0.4 is 10.6 Å². The predicted molar refractivity (Wildman–Crippen MR) is 105 cm³/mol. The number of hydrogen-bond acceptors (Lipinski definition) is 5. The molecule has 2 N–H and O–H groups in total. The number of aryl methyl sites for hydroxylation is 1. The molecule has 0 aliphatic heterocycles. The van der Waals surface area contributed by atoms with E-state index in [0.717, 1.165) is 49.0 Å². The van der Waals surface area contributed by atoms with E-state index in [9.17, 15) is 14.4 Å². The number of esters is 1. The van der Waals surface area contributed by atoms with Crippen molar-refractivity contribution in [1.82, 2.24) is 5.32 Å². The van der Waals surface area contributed by atoms with Gasteiger partial charge in [-0.1, -0.05) is 19.3 Å². The second kappa shape index (κ2) is 8.42. The van der Waals surface area contributed by atoms with Crippen LogP contribution in [0.5, 0.6) is 0 Å². The average Bonchev–Trinajstić information content (AvgIpc) is 3.43. The van der Waals surface area contributed by atoms with Crippen molar-refractivity contribution in [3.05, 3.63) is 16.0 Å². The minimum Gasteiger partial charge on any atom is -0.449 e. The van der Waals surface area contributed by atoms with Gasteiger partial charge in [0.1, 0.15) is 5.00 Å². The molecule has 3 rings (SSSR count). The molecule has 0 radical (unpaired) electrons. The highest BCUT2D eigenvalue weighted by molar-refractivity contribution is 7.16. The van der Waals surface area contributed by atoms with Crippen LogP contribution in [-0.2, 0) is 14.3 Å². The molecule has 27 heavy (non-hydrogen) atoms. The van der Waals surface area contributed by atoms with Crippen LogP contribution in [0.2, 0.25) is 0 Å². The minimum atomic E-state index is -0.869. The molecule has 1 aromatic heterocycles. The molecule has 0 spiro atoms. The topological polar surface area (TPSA) is 84.5 Å². The molecule has 7 heteroatoms. The van der Waals surface area contributed by atoms with Crippen LogP contribution in [0, 0.1) is 19.8 Å². The van der Waals surface area contributed by atoms with Crippen molar-refractivity contribution in [2.45, 2.75) is 77.9 Å². The minimum absolute atomic E-state index is 0.0478. The van der Waals surface area contributed by atoms with E-state index < -0.39 is 12.1 Å². The molecule has 0 saturated heterocycles. The summed E-state index contributed by atoms with van der Waals surface area (Å²) in [4.78, 5) is 38.2. The lowest BCUT2D eigenvalue weighted by Crippen LogP contribution is -2.42. The second-order valence-corrected chi connectivity index (χ2v) is 8.87. The molecule has 2 amide bonds. The highest BCUT2D eigenvalue weighted by Gasteiger charge is 2.32. The van der Waals surface area contributed by atoms with Crippen LogP contribution in [0.1, 0.15) is 72.7 Å². The fraction of sp³-hybridized carbons (Fsp3) is 0.650. The second-order valence-electron chi connectivity index (χ2n) is 7.64. The van der Waals surface area contributed by atoms with E-state index in [1.165, 1.54) is 17.8 Å². The van der Waals surface area contributed by atoms with Gasteiger partial charge in [-0.15, -0.1) is 11.3 Å². The van der Waals surface area contributed by atoms with Crippen LogP contribution in [0.15, 0.2) is 0 Å². The predicted octanol–water partition coefficient (Wildman–Crippen LogP) is 3.71. The first kappa shape index (κ1) is 19.9. The maximum absolute atomic E-state index is 12.7. The van der Waals surface area contributed by atoms with E-state index in [4.69, 9.17) is 4.74 Å². The lowest BCUT2D eigenvalue weighted by atomic mass is 9.95. The molecule has 1 atom stereocenters. The van der Waals surface area contributed by atoms with E-state index in [1.807, 2.05) is 13.8 Å². The first-order valence-corrected chi connectivity index (χ1v) is 10.6. The SMILES string of the molecule is Cc1sc(NC(=O)C2CC2)c(C(=O)O[C@H](C)C(=O)NC2CCCCC2)c1C. The summed E-state index contributed by atoms with van der Waals surface area (Å²) in [6.45, 7) is 5.33. The zero-order chi connectivity index (χ0) is 19.6. The molecule has 2 aliphatic rings. The number of carbonyl (C=O) groups excluding carboxylic acids is 3. The van der Waals surface area contributed by atoms with Gasteiger partial charge in [0.05, 0.1) is 5.56 Å². The molecule has 2 aliphatic carbocycles. The Morgan fingerprint density at radius 3 is 2.37 bits per heavy atom. The third-order valence-electron chi connectivity index (χ3n) is 5.38. The van der Waals surface area contributed by atoms with Crippen molar-refractivity contribution in [3.8, 4) is 0 Å².